The van der Waals surface area contributed by atoms with E-state index in [9.17, 15) is 12.8 Å². The monoisotopic (exact) mass is 242 g/mol. The van der Waals surface area contributed by atoms with Crippen molar-refractivity contribution >= 4 is 10.0 Å². The van der Waals surface area contributed by atoms with E-state index in [2.05, 4.69) is 0 Å². The van der Waals surface area contributed by atoms with Crippen LogP contribution >= 0.6 is 0 Å². The van der Waals surface area contributed by atoms with E-state index in [0.29, 0.717) is 0 Å². The Bertz CT molecular complexity index is 508. The van der Waals surface area contributed by atoms with Gasteiger partial charge in [-0.2, -0.15) is 9.57 Å². The van der Waals surface area contributed by atoms with Gasteiger partial charge in [0.15, 0.2) is 0 Å². The Hall–Kier alpha value is -1.45. The third-order valence-electron chi connectivity index (χ3n) is 2.04. The topological polar surface area (TPSA) is 61.2 Å². The van der Waals surface area contributed by atoms with Gasteiger partial charge in [-0.3, -0.25) is 0 Å². The third kappa shape index (κ3) is 2.78. The number of benzene rings is 1. The van der Waals surface area contributed by atoms with E-state index in [0.717, 1.165) is 10.4 Å². The second-order valence-corrected chi connectivity index (χ2v) is 5.24. The van der Waals surface area contributed by atoms with Gasteiger partial charge in [0.05, 0.1) is 11.0 Å². The lowest BCUT2D eigenvalue weighted by atomic mass is 10.4. The highest BCUT2D eigenvalue weighted by Crippen LogP contribution is 2.15. The molecule has 86 valence electrons. The van der Waals surface area contributed by atoms with Gasteiger partial charge in [0.25, 0.3) is 0 Å². The Labute approximate surface area is 94.0 Å². The van der Waals surface area contributed by atoms with Gasteiger partial charge >= 0.3 is 0 Å². The van der Waals surface area contributed by atoms with E-state index in [1.807, 2.05) is 6.07 Å². The van der Waals surface area contributed by atoms with Crippen molar-refractivity contribution in [1.29, 1.82) is 5.26 Å². The summed E-state index contributed by atoms with van der Waals surface area (Å²) in [5.74, 6) is -0.602. The van der Waals surface area contributed by atoms with Gasteiger partial charge in [-0.1, -0.05) is 6.07 Å². The van der Waals surface area contributed by atoms with Crippen LogP contribution in [-0.2, 0) is 10.0 Å². The molecule has 0 saturated carbocycles. The van der Waals surface area contributed by atoms with Gasteiger partial charge in [0.1, 0.15) is 5.82 Å². The standard InChI is InChI=1S/C10H11FN2O2S/c1-13(7-3-6-12)16(14,15)10-5-2-4-9(11)8-10/h2,4-5,8H,3,7H2,1H3. The van der Waals surface area contributed by atoms with Gasteiger partial charge in [0.2, 0.25) is 10.0 Å². The van der Waals surface area contributed by atoms with Crippen LogP contribution < -0.4 is 0 Å². The highest BCUT2D eigenvalue weighted by Gasteiger charge is 2.20. The Balaban J connectivity index is 2.98. The van der Waals surface area contributed by atoms with E-state index in [-0.39, 0.29) is 17.9 Å². The van der Waals surface area contributed by atoms with Crippen LogP contribution in [0.3, 0.4) is 0 Å². The molecule has 0 fully saturated rings. The summed E-state index contributed by atoms with van der Waals surface area (Å²) < 4.78 is 37.6. The first-order valence-electron chi connectivity index (χ1n) is 4.57. The van der Waals surface area contributed by atoms with Crippen molar-refractivity contribution in [3.05, 3.63) is 30.1 Å². The van der Waals surface area contributed by atoms with Crippen LogP contribution in [0.1, 0.15) is 6.42 Å². The van der Waals surface area contributed by atoms with Crippen LogP contribution in [0.15, 0.2) is 29.2 Å². The summed E-state index contributed by atoms with van der Waals surface area (Å²) >= 11 is 0. The molecule has 0 spiro atoms. The third-order valence-corrected chi connectivity index (χ3v) is 3.90. The zero-order chi connectivity index (χ0) is 12.2. The maximum Gasteiger partial charge on any atom is 0.242 e. The maximum absolute atomic E-state index is 12.9. The highest BCUT2D eigenvalue weighted by atomic mass is 32.2. The summed E-state index contributed by atoms with van der Waals surface area (Å²) in [6.45, 7) is 0.0926. The summed E-state index contributed by atoms with van der Waals surface area (Å²) in [6, 6.07) is 6.64. The molecule has 0 bridgehead atoms. The van der Waals surface area contributed by atoms with E-state index in [4.69, 9.17) is 5.26 Å². The van der Waals surface area contributed by atoms with Crippen LogP contribution in [0.4, 0.5) is 4.39 Å². The minimum absolute atomic E-state index is 0.0926. The van der Waals surface area contributed by atoms with E-state index < -0.39 is 15.8 Å². The molecule has 1 aromatic carbocycles. The second-order valence-electron chi connectivity index (χ2n) is 3.19. The minimum atomic E-state index is -3.69. The van der Waals surface area contributed by atoms with Crippen LogP contribution in [0.5, 0.6) is 0 Å². The molecular formula is C10H11FN2O2S. The average molecular weight is 242 g/mol. The number of nitrogens with zero attached hydrogens (tertiary/aromatic N) is 2. The van der Waals surface area contributed by atoms with E-state index in [1.54, 1.807) is 0 Å². The molecule has 0 aliphatic carbocycles. The maximum atomic E-state index is 12.9. The normalized spacial score (nSPS) is 11.4. The fraction of sp³-hybridized carbons (Fsp3) is 0.300. The molecule has 0 aromatic heterocycles. The Morgan fingerprint density at radius 2 is 2.19 bits per heavy atom. The van der Waals surface area contributed by atoms with Crippen molar-refractivity contribution in [2.24, 2.45) is 0 Å². The Kier molecular flexibility index (Phi) is 3.99. The molecule has 0 N–H and O–H groups in total. The zero-order valence-electron chi connectivity index (χ0n) is 8.72. The molecule has 0 aliphatic rings. The van der Waals surface area contributed by atoms with Crippen LogP contribution in [-0.4, -0.2) is 26.3 Å². The summed E-state index contributed by atoms with van der Waals surface area (Å²) in [7, 11) is -2.33. The molecule has 4 nitrogen and oxygen atoms in total. The fourth-order valence-corrected chi connectivity index (χ4v) is 2.34. The predicted octanol–water partition coefficient (Wildman–Crippen LogP) is 1.36. The van der Waals surface area contributed by atoms with Crippen molar-refractivity contribution < 1.29 is 12.8 Å². The molecule has 6 heteroatoms. The minimum Gasteiger partial charge on any atom is -0.207 e. The first-order chi connectivity index (χ1) is 7.48. The quantitative estimate of drug-likeness (QED) is 0.801. The molecular weight excluding hydrogens is 231 g/mol. The summed E-state index contributed by atoms with van der Waals surface area (Å²) in [4.78, 5) is -0.104. The van der Waals surface area contributed by atoms with Gasteiger partial charge < -0.3 is 0 Å². The number of nitriles is 1. The van der Waals surface area contributed by atoms with Crippen molar-refractivity contribution in [3.8, 4) is 6.07 Å². The first kappa shape index (κ1) is 12.6. The lowest BCUT2D eigenvalue weighted by Gasteiger charge is -2.15. The number of hydrogen-bond acceptors (Lipinski definition) is 3. The van der Waals surface area contributed by atoms with Crippen molar-refractivity contribution in [2.75, 3.05) is 13.6 Å². The SMILES string of the molecule is CN(CCC#N)S(=O)(=O)c1cccc(F)c1. The van der Waals surface area contributed by atoms with Crippen molar-refractivity contribution in [1.82, 2.24) is 4.31 Å². The van der Waals surface area contributed by atoms with Crippen molar-refractivity contribution in [3.63, 3.8) is 0 Å². The van der Waals surface area contributed by atoms with E-state index in [1.165, 1.54) is 25.2 Å². The molecule has 0 heterocycles. The number of sulfonamides is 1. The molecule has 16 heavy (non-hydrogen) atoms. The van der Waals surface area contributed by atoms with E-state index >= 15 is 0 Å². The number of rotatable bonds is 4. The lowest BCUT2D eigenvalue weighted by molar-refractivity contribution is 0.475. The summed E-state index contributed by atoms with van der Waals surface area (Å²) in [5.41, 5.74) is 0. The number of halogens is 1. The molecule has 0 radical (unpaired) electrons. The molecule has 1 aromatic rings. The van der Waals surface area contributed by atoms with Crippen LogP contribution in [0.2, 0.25) is 0 Å². The van der Waals surface area contributed by atoms with Crippen molar-refractivity contribution in [2.45, 2.75) is 11.3 Å². The smallest absolute Gasteiger partial charge is 0.207 e. The average Bonchev–Trinajstić information content (AvgIpc) is 2.25. The molecule has 0 saturated heterocycles. The van der Waals surface area contributed by atoms with Gasteiger partial charge in [-0.15, -0.1) is 0 Å². The largest absolute Gasteiger partial charge is 0.242 e. The lowest BCUT2D eigenvalue weighted by Crippen LogP contribution is -2.27. The second kappa shape index (κ2) is 5.05. The molecule has 1 rings (SSSR count). The number of hydrogen-bond donors (Lipinski definition) is 0. The Morgan fingerprint density at radius 3 is 2.75 bits per heavy atom. The first-order valence-corrected chi connectivity index (χ1v) is 6.01. The summed E-state index contributed by atoms with van der Waals surface area (Å²) in [5, 5.41) is 8.36. The molecule has 0 amide bonds. The molecule has 0 unspecified atom stereocenters. The van der Waals surface area contributed by atoms with Crippen LogP contribution in [0.25, 0.3) is 0 Å². The zero-order valence-corrected chi connectivity index (χ0v) is 9.54. The Morgan fingerprint density at radius 1 is 1.50 bits per heavy atom. The highest BCUT2D eigenvalue weighted by molar-refractivity contribution is 7.89. The fourth-order valence-electron chi connectivity index (χ4n) is 1.14. The molecule has 0 aliphatic heterocycles. The van der Waals surface area contributed by atoms with Crippen LogP contribution in [0, 0.1) is 17.1 Å². The predicted molar refractivity (Wildman–Crippen MR) is 56.4 cm³/mol. The molecule has 0 atom stereocenters. The summed E-state index contributed by atoms with van der Waals surface area (Å²) in [6.07, 6.45) is 0.102. The van der Waals surface area contributed by atoms with Gasteiger partial charge in [-0.25, -0.2) is 12.8 Å². The van der Waals surface area contributed by atoms with Gasteiger partial charge in [-0.05, 0) is 18.2 Å². The van der Waals surface area contributed by atoms with Gasteiger partial charge in [0, 0.05) is 20.0 Å².